The lowest BCUT2D eigenvalue weighted by Gasteiger charge is -2.12. The highest BCUT2D eigenvalue weighted by Gasteiger charge is 2.33. The number of alkyl halides is 3. The zero-order valence-corrected chi connectivity index (χ0v) is 9.59. The van der Waals surface area contributed by atoms with Crippen LogP contribution in [0.2, 0.25) is 0 Å². The van der Waals surface area contributed by atoms with Gasteiger partial charge < -0.3 is 10.0 Å². The molecule has 0 amide bonds. The molecule has 0 aliphatic heterocycles. The van der Waals surface area contributed by atoms with Crippen LogP contribution in [0.5, 0.6) is 0 Å². The van der Waals surface area contributed by atoms with Crippen molar-refractivity contribution in [1.82, 2.24) is 4.98 Å². The second kappa shape index (κ2) is 5.03. The second-order valence-electron chi connectivity index (χ2n) is 3.89. The maximum Gasteiger partial charge on any atom is 0.488 e. The quantitative estimate of drug-likeness (QED) is 0.809. The number of aromatic nitrogens is 1. The van der Waals surface area contributed by atoms with E-state index in [9.17, 15) is 13.2 Å². The van der Waals surface area contributed by atoms with Crippen LogP contribution in [0.3, 0.4) is 0 Å². The van der Waals surface area contributed by atoms with Crippen LogP contribution in [-0.4, -0.2) is 22.2 Å². The summed E-state index contributed by atoms with van der Waals surface area (Å²) in [4.78, 5) is 3.84. The predicted molar refractivity (Wildman–Crippen MR) is 64.5 cm³/mol. The minimum absolute atomic E-state index is 0.0403. The summed E-state index contributed by atoms with van der Waals surface area (Å²) in [5.41, 5.74) is -0.787. The maximum atomic E-state index is 12.9. The van der Waals surface area contributed by atoms with E-state index in [0.717, 1.165) is 6.07 Å². The molecule has 98 valence electrons. The van der Waals surface area contributed by atoms with Crippen molar-refractivity contribution in [3.63, 3.8) is 0 Å². The van der Waals surface area contributed by atoms with Crippen molar-refractivity contribution in [2.24, 2.45) is 0 Å². The molecule has 19 heavy (non-hydrogen) atoms. The van der Waals surface area contributed by atoms with Gasteiger partial charge in [-0.3, -0.25) is 4.98 Å². The molecule has 2 N–H and O–H groups in total. The smallest absolute Gasteiger partial charge is 0.423 e. The van der Waals surface area contributed by atoms with E-state index in [4.69, 9.17) is 10.0 Å². The zero-order chi connectivity index (χ0) is 14.0. The van der Waals surface area contributed by atoms with E-state index in [1.54, 1.807) is 0 Å². The first-order valence-electron chi connectivity index (χ1n) is 5.38. The van der Waals surface area contributed by atoms with Gasteiger partial charge in [-0.1, -0.05) is 18.2 Å². The van der Waals surface area contributed by atoms with Crippen LogP contribution in [0.25, 0.3) is 11.3 Å². The Labute approximate surface area is 107 Å². The van der Waals surface area contributed by atoms with Gasteiger partial charge in [-0.25, -0.2) is 0 Å². The van der Waals surface area contributed by atoms with Gasteiger partial charge in [0.25, 0.3) is 0 Å². The average molecular weight is 267 g/mol. The van der Waals surface area contributed by atoms with Gasteiger partial charge in [-0.15, -0.1) is 0 Å². The van der Waals surface area contributed by atoms with Crippen molar-refractivity contribution < 1.29 is 23.2 Å². The molecule has 7 heteroatoms. The van der Waals surface area contributed by atoms with Crippen molar-refractivity contribution in [3.05, 3.63) is 48.2 Å². The molecular weight excluding hydrogens is 258 g/mol. The largest absolute Gasteiger partial charge is 0.488 e. The lowest BCUT2D eigenvalue weighted by Crippen LogP contribution is -2.29. The van der Waals surface area contributed by atoms with Crippen LogP contribution in [0.4, 0.5) is 13.2 Å². The van der Waals surface area contributed by atoms with Crippen molar-refractivity contribution in [1.29, 1.82) is 0 Å². The topological polar surface area (TPSA) is 53.4 Å². The molecule has 0 fully saturated rings. The third-order valence-electron chi connectivity index (χ3n) is 2.59. The monoisotopic (exact) mass is 267 g/mol. The molecule has 0 bridgehead atoms. The number of halogens is 3. The number of hydrogen-bond acceptors (Lipinski definition) is 3. The molecule has 3 nitrogen and oxygen atoms in total. The van der Waals surface area contributed by atoms with E-state index in [1.807, 2.05) is 0 Å². The lowest BCUT2D eigenvalue weighted by atomic mass is 9.80. The minimum atomic E-state index is -4.49. The van der Waals surface area contributed by atoms with E-state index < -0.39 is 18.9 Å². The highest BCUT2D eigenvalue weighted by atomic mass is 19.4. The van der Waals surface area contributed by atoms with Crippen LogP contribution in [0.15, 0.2) is 42.6 Å². The molecule has 0 aliphatic rings. The third-order valence-corrected chi connectivity index (χ3v) is 2.59. The Hall–Kier alpha value is -1.86. The average Bonchev–Trinajstić information content (AvgIpc) is 2.38. The molecule has 2 aromatic rings. The maximum absolute atomic E-state index is 12.9. The molecule has 2 rings (SSSR count). The molecule has 1 heterocycles. The Morgan fingerprint density at radius 3 is 2.37 bits per heavy atom. The van der Waals surface area contributed by atoms with Gasteiger partial charge in [0.1, 0.15) is 0 Å². The Bertz CT molecular complexity index is 587. The number of rotatable bonds is 2. The standard InChI is InChI=1S/C12H9BF3NO2/c14-12(15,16)10-4-2-1-3-9(10)11-7-8(13(18)19)5-6-17-11/h1-7,18-19H. The van der Waals surface area contributed by atoms with Gasteiger partial charge in [-0.2, -0.15) is 13.2 Å². The summed E-state index contributed by atoms with van der Waals surface area (Å²) in [5, 5.41) is 18.1. The molecule has 0 radical (unpaired) electrons. The normalized spacial score (nSPS) is 11.4. The summed E-state index contributed by atoms with van der Waals surface area (Å²) in [7, 11) is -1.75. The molecule has 1 aromatic heterocycles. The van der Waals surface area contributed by atoms with Gasteiger partial charge >= 0.3 is 13.3 Å². The summed E-state index contributed by atoms with van der Waals surface area (Å²) in [5.74, 6) is 0. The third kappa shape index (κ3) is 2.94. The molecule has 0 atom stereocenters. The summed E-state index contributed by atoms with van der Waals surface area (Å²) in [6, 6.07) is 7.54. The van der Waals surface area contributed by atoms with Crippen LogP contribution >= 0.6 is 0 Å². The lowest BCUT2D eigenvalue weighted by molar-refractivity contribution is -0.137. The fourth-order valence-electron chi connectivity index (χ4n) is 1.71. The minimum Gasteiger partial charge on any atom is -0.423 e. The Kier molecular flexibility index (Phi) is 3.59. The summed E-state index contributed by atoms with van der Waals surface area (Å²) < 4.78 is 38.6. The Morgan fingerprint density at radius 1 is 1.05 bits per heavy atom. The van der Waals surface area contributed by atoms with Crippen molar-refractivity contribution in [3.8, 4) is 11.3 Å². The first-order valence-corrected chi connectivity index (χ1v) is 5.38. The van der Waals surface area contributed by atoms with E-state index >= 15 is 0 Å². The van der Waals surface area contributed by atoms with Crippen LogP contribution in [0.1, 0.15) is 5.56 Å². The van der Waals surface area contributed by atoms with Crippen LogP contribution in [-0.2, 0) is 6.18 Å². The summed E-state index contributed by atoms with van der Waals surface area (Å²) in [6.45, 7) is 0. The number of nitrogens with zero attached hydrogens (tertiary/aromatic N) is 1. The van der Waals surface area contributed by atoms with Gasteiger partial charge in [0.05, 0.1) is 11.3 Å². The highest BCUT2D eigenvalue weighted by Crippen LogP contribution is 2.35. The van der Waals surface area contributed by atoms with E-state index in [0.29, 0.717) is 0 Å². The first kappa shape index (κ1) is 13.6. The van der Waals surface area contributed by atoms with Gasteiger partial charge in [0, 0.05) is 11.8 Å². The van der Waals surface area contributed by atoms with E-state index in [1.165, 1.54) is 36.5 Å². The van der Waals surface area contributed by atoms with Crippen LogP contribution < -0.4 is 5.46 Å². The molecule has 0 unspecified atom stereocenters. The van der Waals surface area contributed by atoms with Crippen molar-refractivity contribution in [2.75, 3.05) is 0 Å². The molecule has 1 aromatic carbocycles. The highest BCUT2D eigenvalue weighted by molar-refractivity contribution is 6.58. The predicted octanol–water partition coefficient (Wildman–Crippen LogP) is 1.45. The van der Waals surface area contributed by atoms with Crippen molar-refractivity contribution >= 4 is 12.6 Å². The Balaban J connectivity index is 2.56. The van der Waals surface area contributed by atoms with Gasteiger partial charge in [0.15, 0.2) is 0 Å². The molecule has 0 spiro atoms. The second-order valence-corrected chi connectivity index (χ2v) is 3.89. The van der Waals surface area contributed by atoms with E-state index in [2.05, 4.69) is 4.98 Å². The molecule has 0 aliphatic carbocycles. The number of benzene rings is 1. The number of hydrogen-bond donors (Lipinski definition) is 2. The van der Waals surface area contributed by atoms with Crippen molar-refractivity contribution in [2.45, 2.75) is 6.18 Å². The molecule has 0 saturated carbocycles. The molecular formula is C12H9BF3NO2. The Morgan fingerprint density at radius 2 is 1.74 bits per heavy atom. The zero-order valence-electron chi connectivity index (χ0n) is 9.59. The van der Waals surface area contributed by atoms with Gasteiger partial charge in [0.2, 0.25) is 0 Å². The summed E-state index contributed by atoms with van der Waals surface area (Å²) in [6.07, 6.45) is -3.26. The fraction of sp³-hybridized carbons (Fsp3) is 0.0833. The summed E-state index contributed by atoms with van der Waals surface area (Å²) >= 11 is 0. The van der Waals surface area contributed by atoms with Gasteiger partial charge in [-0.05, 0) is 23.7 Å². The van der Waals surface area contributed by atoms with E-state index in [-0.39, 0.29) is 16.7 Å². The molecule has 0 saturated heterocycles. The fourth-order valence-corrected chi connectivity index (χ4v) is 1.71. The van der Waals surface area contributed by atoms with Crippen LogP contribution in [0, 0.1) is 0 Å². The SMILES string of the molecule is OB(O)c1ccnc(-c2ccccc2C(F)(F)F)c1. The number of pyridine rings is 1. The first-order chi connectivity index (χ1) is 8.89.